The van der Waals surface area contributed by atoms with Crippen molar-refractivity contribution in [3.05, 3.63) is 84.4 Å². The minimum atomic E-state index is -0.351. The van der Waals surface area contributed by atoms with Crippen molar-refractivity contribution < 1.29 is 9.53 Å². The number of esters is 1. The zero-order valence-corrected chi connectivity index (χ0v) is 14.4. The summed E-state index contributed by atoms with van der Waals surface area (Å²) in [5.74, 6) is 0.135. The van der Waals surface area contributed by atoms with Crippen LogP contribution >= 0.6 is 0 Å². The highest BCUT2D eigenvalue weighted by atomic mass is 16.5. The number of aromatic nitrogens is 2. The summed E-state index contributed by atoms with van der Waals surface area (Å²) < 4.78 is 7.34. The summed E-state index contributed by atoms with van der Waals surface area (Å²) in [6.45, 7) is 2.04. The summed E-state index contributed by atoms with van der Waals surface area (Å²) in [6.07, 6.45) is 0. The highest BCUT2D eigenvalue weighted by Crippen LogP contribution is 2.34. The van der Waals surface area contributed by atoms with E-state index >= 15 is 0 Å². The summed E-state index contributed by atoms with van der Waals surface area (Å²) in [7, 11) is 0. The molecule has 0 bridgehead atoms. The second-order valence-electron chi connectivity index (χ2n) is 6.10. The molecule has 4 rings (SSSR count). The Bertz CT molecular complexity index is 1050. The zero-order chi connectivity index (χ0) is 17.9. The molecule has 0 aliphatic carbocycles. The Morgan fingerprint density at radius 2 is 1.62 bits per heavy atom. The molecule has 0 N–H and O–H groups in total. The largest absolute Gasteiger partial charge is 0.424 e. The summed E-state index contributed by atoms with van der Waals surface area (Å²) >= 11 is 0. The Kier molecular flexibility index (Phi) is 4.23. The van der Waals surface area contributed by atoms with E-state index in [1.807, 2.05) is 53.2 Å². The molecule has 0 aliphatic heterocycles. The fourth-order valence-corrected chi connectivity index (χ4v) is 3.13. The summed E-state index contributed by atoms with van der Waals surface area (Å²) in [4.78, 5) is 11.5. The van der Waals surface area contributed by atoms with Crippen LogP contribution in [-0.4, -0.2) is 15.7 Å². The van der Waals surface area contributed by atoms with E-state index in [9.17, 15) is 4.79 Å². The predicted octanol–water partition coefficient (Wildman–Crippen LogP) is 4.68. The minimum Gasteiger partial charge on any atom is -0.424 e. The maximum Gasteiger partial charge on any atom is 0.308 e. The second-order valence-corrected chi connectivity index (χ2v) is 6.10. The van der Waals surface area contributed by atoms with E-state index in [1.54, 1.807) is 6.07 Å². The van der Waals surface area contributed by atoms with Gasteiger partial charge in [-0.3, -0.25) is 9.48 Å². The number of fused-ring (bicyclic) bond motifs is 1. The lowest BCUT2D eigenvalue weighted by atomic mass is 10.1. The van der Waals surface area contributed by atoms with Crippen molar-refractivity contribution in [2.75, 3.05) is 0 Å². The van der Waals surface area contributed by atoms with Crippen LogP contribution in [0.15, 0.2) is 78.9 Å². The van der Waals surface area contributed by atoms with E-state index in [0.717, 1.165) is 22.2 Å². The first kappa shape index (κ1) is 16.1. The third-order valence-electron chi connectivity index (χ3n) is 4.21. The quantitative estimate of drug-likeness (QED) is 0.400. The van der Waals surface area contributed by atoms with Crippen molar-refractivity contribution >= 4 is 16.9 Å². The van der Waals surface area contributed by atoms with Crippen molar-refractivity contribution in [1.82, 2.24) is 9.78 Å². The molecule has 1 heterocycles. The van der Waals surface area contributed by atoms with Crippen LogP contribution in [0.4, 0.5) is 0 Å². The molecule has 0 radical (unpaired) electrons. The van der Waals surface area contributed by atoms with Crippen LogP contribution < -0.4 is 4.74 Å². The van der Waals surface area contributed by atoms with Crippen LogP contribution in [0.25, 0.3) is 22.2 Å². The van der Waals surface area contributed by atoms with Gasteiger partial charge in [0.1, 0.15) is 5.52 Å². The minimum absolute atomic E-state index is 0.351. The normalized spacial score (nSPS) is 10.8. The summed E-state index contributed by atoms with van der Waals surface area (Å²) in [5.41, 5.74) is 3.94. The average Bonchev–Trinajstić information content (AvgIpc) is 3.02. The molecule has 0 spiro atoms. The van der Waals surface area contributed by atoms with E-state index in [2.05, 4.69) is 24.3 Å². The molecular formula is C22H18N2O2. The number of rotatable bonds is 4. The van der Waals surface area contributed by atoms with Gasteiger partial charge in [-0.15, -0.1) is 0 Å². The molecule has 1 aromatic heterocycles. The number of hydrogen-bond acceptors (Lipinski definition) is 3. The Morgan fingerprint density at radius 3 is 2.31 bits per heavy atom. The molecule has 0 amide bonds. The molecule has 0 aliphatic rings. The first-order valence-corrected chi connectivity index (χ1v) is 8.49. The SMILES string of the molecule is CC(=O)Oc1cccc2c(-c3ccccc3)n(Cc3ccccc3)nc12. The Balaban J connectivity index is 1.92. The molecular weight excluding hydrogens is 324 g/mol. The number of carbonyl (C=O) groups excluding carboxylic acids is 1. The van der Waals surface area contributed by atoms with Gasteiger partial charge in [-0.2, -0.15) is 5.10 Å². The standard InChI is InChI=1S/C22H18N2O2/c1-16(25)26-20-14-8-13-19-21(20)23-24(15-17-9-4-2-5-10-17)22(19)18-11-6-3-7-12-18/h2-14H,15H2,1H3. The van der Waals surface area contributed by atoms with Gasteiger partial charge in [0.15, 0.2) is 5.75 Å². The molecule has 4 heteroatoms. The van der Waals surface area contributed by atoms with E-state index in [4.69, 9.17) is 9.84 Å². The molecule has 0 saturated carbocycles. The monoisotopic (exact) mass is 342 g/mol. The number of benzene rings is 3. The fraction of sp³-hybridized carbons (Fsp3) is 0.0909. The summed E-state index contributed by atoms with van der Waals surface area (Å²) in [5, 5.41) is 5.74. The van der Waals surface area contributed by atoms with Gasteiger partial charge in [-0.25, -0.2) is 0 Å². The number of ether oxygens (including phenoxy) is 1. The van der Waals surface area contributed by atoms with E-state index in [1.165, 1.54) is 6.92 Å². The highest BCUT2D eigenvalue weighted by molar-refractivity contribution is 5.97. The number of carbonyl (C=O) groups is 1. The first-order valence-electron chi connectivity index (χ1n) is 8.49. The van der Waals surface area contributed by atoms with Crippen LogP contribution in [0.5, 0.6) is 5.75 Å². The molecule has 26 heavy (non-hydrogen) atoms. The first-order chi connectivity index (χ1) is 12.7. The van der Waals surface area contributed by atoms with Crippen molar-refractivity contribution in [3.63, 3.8) is 0 Å². The molecule has 0 fully saturated rings. The molecule has 4 aromatic rings. The van der Waals surface area contributed by atoms with Crippen molar-refractivity contribution in [1.29, 1.82) is 0 Å². The van der Waals surface area contributed by atoms with Crippen LogP contribution in [0.3, 0.4) is 0 Å². The van der Waals surface area contributed by atoms with E-state index in [-0.39, 0.29) is 5.97 Å². The Hall–Kier alpha value is -3.40. The second kappa shape index (κ2) is 6.84. The van der Waals surface area contributed by atoms with Crippen molar-refractivity contribution in [3.8, 4) is 17.0 Å². The predicted molar refractivity (Wildman–Crippen MR) is 102 cm³/mol. The molecule has 128 valence electrons. The van der Waals surface area contributed by atoms with Crippen LogP contribution in [0.2, 0.25) is 0 Å². The van der Waals surface area contributed by atoms with Crippen LogP contribution in [0, 0.1) is 0 Å². The molecule has 0 atom stereocenters. The van der Waals surface area contributed by atoms with Gasteiger partial charge in [0.2, 0.25) is 0 Å². The number of hydrogen-bond donors (Lipinski definition) is 0. The lowest BCUT2D eigenvalue weighted by Gasteiger charge is -2.08. The zero-order valence-electron chi connectivity index (χ0n) is 14.4. The molecule has 0 unspecified atom stereocenters. The Morgan fingerprint density at radius 1 is 0.923 bits per heavy atom. The van der Waals surface area contributed by atoms with Crippen molar-refractivity contribution in [2.45, 2.75) is 13.5 Å². The van der Waals surface area contributed by atoms with Gasteiger partial charge < -0.3 is 4.74 Å². The van der Waals surface area contributed by atoms with Crippen LogP contribution in [0.1, 0.15) is 12.5 Å². The van der Waals surface area contributed by atoms with Gasteiger partial charge in [0, 0.05) is 17.9 Å². The third-order valence-corrected chi connectivity index (χ3v) is 4.21. The molecule has 4 nitrogen and oxygen atoms in total. The maximum absolute atomic E-state index is 11.5. The summed E-state index contributed by atoms with van der Waals surface area (Å²) in [6, 6.07) is 26.0. The molecule has 0 saturated heterocycles. The van der Waals surface area contributed by atoms with Gasteiger partial charge in [0.25, 0.3) is 0 Å². The van der Waals surface area contributed by atoms with Crippen LogP contribution in [-0.2, 0) is 11.3 Å². The highest BCUT2D eigenvalue weighted by Gasteiger charge is 2.17. The topological polar surface area (TPSA) is 44.1 Å². The fourth-order valence-electron chi connectivity index (χ4n) is 3.13. The van der Waals surface area contributed by atoms with Gasteiger partial charge in [-0.1, -0.05) is 72.8 Å². The smallest absolute Gasteiger partial charge is 0.308 e. The van der Waals surface area contributed by atoms with E-state index < -0.39 is 0 Å². The van der Waals surface area contributed by atoms with Gasteiger partial charge >= 0.3 is 5.97 Å². The van der Waals surface area contributed by atoms with E-state index in [0.29, 0.717) is 17.8 Å². The van der Waals surface area contributed by atoms with Gasteiger partial charge in [-0.05, 0) is 11.6 Å². The Labute approximate surface area is 151 Å². The number of nitrogens with zero attached hydrogens (tertiary/aromatic N) is 2. The lowest BCUT2D eigenvalue weighted by molar-refractivity contribution is -0.131. The van der Waals surface area contributed by atoms with Gasteiger partial charge in [0.05, 0.1) is 12.2 Å². The lowest BCUT2D eigenvalue weighted by Crippen LogP contribution is -2.04. The average molecular weight is 342 g/mol. The third kappa shape index (κ3) is 3.09. The van der Waals surface area contributed by atoms with Crippen molar-refractivity contribution in [2.24, 2.45) is 0 Å². The maximum atomic E-state index is 11.5. The molecule has 3 aromatic carbocycles.